The van der Waals surface area contributed by atoms with Gasteiger partial charge in [-0.2, -0.15) is 0 Å². The Bertz CT molecular complexity index is 388. The van der Waals surface area contributed by atoms with E-state index in [4.69, 9.17) is 4.74 Å². The molecule has 0 radical (unpaired) electrons. The van der Waals surface area contributed by atoms with E-state index in [1.165, 1.54) is 44.9 Å². The van der Waals surface area contributed by atoms with Crippen molar-refractivity contribution in [1.82, 2.24) is 5.32 Å². The minimum atomic E-state index is -0.222. The molecule has 0 aromatic carbocycles. The van der Waals surface area contributed by atoms with E-state index in [0.29, 0.717) is 12.1 Å². The summed E-state index contributed by atoms with van der Waals surface area (Å²) in [4.78, 5) is 12.7. The van der Waals surface area contributed by atoms with Crippen LogP contribution in [0.1, 0.15) is 71.1 Å². The number of rotatable bonds is 5. The van der Waals surface area contributed by atoms with Crippen LogP contribution in [0.5, 0.6) is 0 Å². The summed E-state index contributed by atoms with van der Waals surface area (Å²) in [5, 5.41) is 3.42. The van der Waals surface area contributed by atoms with Gasteiger partial charge in [-0.3, -0.25) is 4.79 Å². The van der Waals surface area contributed by atoms with E-state index in [9.17, 15) is 4.79 Å². The van der Waals surface area contributed by atoms with E-state index in [1.54, 1.807) is 0 Å². The summed E-state index contributed by atoms with van der Waals surface area (Å²) in [6, 6.07) is 0.446. The lowest BCUT2D eigenvalue weighted by molar-refractivity contribution is -0.140. The second-order valence-electron chi connectivity index (χ2n) is 8.40. The van der Waals surface area contributed by atoms with Crippen LogP contribution >= 0.6 is 0 Å². The highest BCUT2D eigenvalue weighted by atomic mass is 16.5. The highest BCUT2D eigenvalue weighted by Gasteiger charge is 2.48. The molecule has 0 spiro atoms. The van der Waals surface area contributed by atoms with Gasteiger partial charge >= 0.3 is 0 Å². The van der Waals surface area contributed by atoms with Crippen molar-refractivity contribution < 1.29 is 9.53 Å². The largest absolute Gasteiger partial charge is 0.365 e. The summed E-state index contributed by atoms with van der Waals surface area (Å²) < 4.78 is 6.10. The Morgan fingerprint density at radius 2 is 1.64 bits per heavy atom. The third-order valence-corrected chi connectivity index (χ3v) is 6.86. The van der Waals surface area contributed by atoms with Crippen LogP contribution in [0.25, 0.3) is 0 Å². The quantitative estimate of drug-likeness (QED) is 0.841. The molecule has 22 heavy (non-hydrogen) atoms. The fourth-order valence-electron chi connectivity index (χ4n) is 6.02. The Kier molecular flexibility index (Phi) is 4.19. The van der Waals surface area contributed by atoms with Gasteiger partial charge in [-0.25, -0.2) is 0 Å². The first kappa shape index (κ1) is 15.0. The van der Waals surface area contributed by atoms with Crippen molar-refractivity contribution >= 4 is 5.91 Å². The van der Waals surface area contributed by atoms with Crippen molar-refractivity contribution in [3.05, 3.63) is 0 Å². The first-order valence-corrected chi connectivity index (χ1v) is 9.68. The predicted octanol–water partition coefficient (Wildman–Crippen LogP) is 3.67. The number of ether oxygens (including phenoxy) is 1. The van der Waals surface area contributed by atoms with Crippen molar-refractivity contribution in [2.75, 3.05) is 0 Å². The molecule has 0 saturated heterocycles. The molecule has 3 heteroatoms. The van der Waals surface area contributed by atoms with E-state index in [-0.39, 0.29) is 12.0 Å². The highest BCUT2D eigenvalue weighted by Crippen LogP contribution is 2.53. The molecule has 0 heterocycles. The number of hydrogen-bond donors (Lipinski definition) is 1. The van der Waals surface area contributed by atoms with Gasteiger partial charge in [0.1, 0.15) is 6.10 Å². The molecule has 1 atom stereocenters. The third kappa shape index (κ3) is 2.81. The Morgan fingerprint density at radius 1 is 1.05 bits per heavy atom. The SMILES string of the molecule is CC[C@H](OC1CCCC1)C(=O)NC1C2CC3CC(C2)CC1C3. The lowest BCUT2D eigenvalue weighted by atomic mass is 9.54. The lowest BCUT2D eigenvalue weighted by Gasteiger charge is -2.54. The van der Waals surface area contributed by atoms with Gasteiger partial charge < -0.3 is 10.1 Å². The molecule has 0 aliphatic heterocycles. The zero-order valence-electron chi connectivity index (χ0n) is 13.9. The van der Waals surface area contributed by atoms with E-state index in [0.717, 1.165) is 42.9 Å². The maximum atomic E-state index is 12.7. The second-order valence-corrected chi connectivity index (χ2v) is 8.40. The number of carbonyl (C=O) groups is 1. The number of carbonyl (C=O) groups excluding carboxylic acids is 1. The number of nitrogens with one attached hydrogen (secondary N) is 1. The number of amides is 1. The Balaban J connectivity index is 1.36. The predicted molar refractivity (Wildman–Crippen MR) is 86.4 cm³/mol. The minimum absolute atomic E-state index is 0.173. The van der Waals surface area contributed by atoms with Crippen molar-refractivity contribution in [2.45, 2.75) is 89.4 Å². The van der Waals surface area contributed by atoms with Gasteiger partial charge in [-0.05, 0) is 75.0 Å². The molecule has 5 aliphatic rings. The smallest absolute Gasteiger partial charge is 0.249 e. The van der Waals surface area contributed by atoms with Gasteiger partial charge in [0.25, 0.3) is 0 Å². The third-order valence-electron chi connectivity index (χ3n) is 6.86. The van der Waals surface area contributed by atoms with Gasteiger partial charge in [-0.15, -0.1) is 0 Å². The first-order chi connectivity index (χ1) is 10.7. The molecule has 1 N–H and O–H groups in total. The molecular formula is C19H31NO2. The minimum Gasteiger partial charge on any atom is -0.365 e. The van der Waals surface area contributed by atoms with Crippen LogP contribution < -0.4 is 5.32 Å². The summed E-state index contributed by atoms with van der Waals surface area (Å²) in [6.07, 6.45) is 12.6. The van der Waals surface area contributed by atoms with E-state index >= 15 is 0 Å². The average Bonchev–Trinajstić information content (AvgIpc) is 3.00. The van der Waals surface area contributed by atoms with Crippen LogP contribution in [-0.2, 0) is 9.53 Å². The normalized spacial score (nSPS) is 41.8. The molecule has 5 saturated carbocycles. The maximum Gasteiger partial charge on any atom is 0.249 e. The van der Waals surface area contributed by atoms with Gasteiger partial charge in [0, 0.05) is 6.04 Å². The van der Waals surface area contributed by atoms with Crippen LogP contribution in [0, 0.1) is 23.7 Å². The standard InChI is InChI=1S/C19H31NO2/c1-2-17(22-16-5-3-4-6-16)19(21)20-18-14-8-12-7-13(10-14)11-15(18)9-12/h12-18H,2-11H2,1H3,(H,20,21)/t12?,13?,14?,15?,17-,18?/m0/s1. The molecule has 5 aliphatic carbocycles. The molecular weight excluding hydrogens is 274 g/mol. The van der Waals surface area contributed by atoms with Crippen LogP contribution in [0.4, 0.5) is 0 Å². The molecule has 4 bridgehead atoms. The van der Waals surface area contributed by atoms with Crippen LogP contribution in [0.3, 0.4) is 0 Å². The van der Waals surface area contributed by atoms with Crippen molar-refractivity contribution in [3.63, 3.8) is 0 Å². The van der Waals surface area contributed by atoms with Gasteiger partial charge in [0.15, 0.2) is 0 Å². The van der Waals surface area contributed by atoms with Crippen LogP contribution in [-0.4, -0.2) is 24.2 Å². The van der Waals surface area contributed by atoms with Crippen LogP contribution in [0.2, 0.25) is 0 Å². The second kappa shape index (κ2) is 6.14. The fourth-order valence-corrected chi connectivity index (χ4v) is 6.02. The van der Waals surface area contributed by atoms with Crippen molar-refractivity contribution in [1.29, 1.82) is 0 Å². The molecule has 0 aromatic rings. The molecule has 5 rings (SSSR count). The Hall–Kier alpha value is -0.570. The maximum absolute atomic E-state index is 12.7. The molecule has 124 valence electrons. The summed E-state index contributed by atoms with van der Waals surface area (Å²) in [5.41, 5.74) is 0. The van der Waals surface area contributed by atoms with Crippen molar-refractivity contribution in [3.8, 4) is 0 Å². The molecule has 1 amide bonds. The van der Waals surface area contributed by atoms with E-state index in [2.05, 4.69) is 12.2 Å². The number of hydrogen-bond acceptors (Lipinski definition) is 2. The molecule has 0 aromatic heterocycles. The van der Waals surface area contributed by atoms with Crippen LogP contribution in [0.15, 0.2) is 0 Å². The Labute approximate surface area is 134 Å². The zero-order chi connectivity index (χ0) is 15.1. The summed E-state index contributed by atoms with van der Waals surface area (Å²) >= 11 is 0. The average molecular weight is 305 g/mol. The Morgan fingerprint density at radius 3 is 2.18 bits per heavy atom. The van der Waals surface area contributed by atoms with E-state index < -0.39 is 0 Å². The lowest BCUT2D eigenvalue weighted by Crippen LogP contribution is -2.57. The molecule has 5 fully saturated rings. The molecule has 3 nitrogen and oxygen atoms in total. The summed E-state index contributed by atoms with van der Waals surface area (Å²) in [7, 11) is 0. The van der Waals surface area contributed by atoms with E-state index in [1.807, 2.05) is 0 Å². The highest BCUT2D eigenvalue weighted by molar-refractivity contribution is 5.81. The molecule has 0 unspecified atom stereocenters. The van der Waals surface area contributed by atoms with Gasteiger partial charge in [0.05, 0.1) is 6.10 Å². The monoisotopic (exact) mass is 305 g/mol. The first-order valence-electron chi connectivity index (χ1n) is 9.68. The van der Waals surface area contributed by atoms with Crippen molar-refractivity contribution in [2.24, 2.45) is 23.7 Å². The zero-order valence-corrected chi connectivity index (χ0v) is 13.9. The summed E-state index contributed by atoms with van der Waals surface area (Å²) in [6.45, 7) is 2.08. The summed E-state index contributed by atoms with van der Waals surface area (Å²) in [5.74, 6) is 3.61. The topological polar surface area (TPSA) is 38.3 Å². The fraction of sp³-hybridized carbons (Fsp3) is 0.947. The van der Waals surface area contributed by atoms with Gasteiger partial charge in [-0.1, -0.05) is 19.8 Å². The van der Waals surface area contributed by atoms with Gasteiger partial charge in [0.2, 0.25) is 5.91 Å².